The smallest absolute Gasteiger partial charge is 0.313 e. The van der Waals surface area contributed by atoms with Crippen LogP contribution in [-0.4, -0.2) is 23.0 Å². The maximum Gasteiger partial charge on any atom is 0.313 e. The molecule has 5 heteroatoms. The number of nitrogens with one attached hydrogen (secondary N) is 2. The predicted octanol–water partition coefficient (Wildman–Crippen LogP) is 2.17. The second kappa shape index (κ2) is 6.93. The zero-order chi connectivity index (χ0) is 14.4. The number of phenols is 1. The van der Waals surface area contributed by atoms with Crippen molar-refractivity contribution < 1.29 is 14.7 Å². The maximum atomic E-state index is 11.8. The molecule has 5 nitrogen and oxygen atoms in total. The molecular weight excluding hydrogens is 256 g/mol. The van der Waals surface area contributed by atoms with E-state index in [-0.39, 0.29) is 17.5 Å². The van der Waals surface area contributed by atoms with E-state index in [9.17, 15) is 14.7 Å². The fraction of sp³-hybridized carbons (Fsp3) is 0.467. The molecule has 2 amide bonds. The summed E-state index contributed by atoms with van der Waals surface area (Å²) in [7, 11) is 0. The first kappa shape index (κ1) is 14.4. The van der Waals surface area contributed by atoms with Gasteiger partial charge in [-0.05, 0) is 25.0 Å². The minimum Gasteiger partial charge on any atom is -0.506 e. The summed E-state index contributed by atoms with van der Waals surface area (Å²) in [5.74, 6) is -1.43. The van der Waals surface area contributed by atoms with Crippen LogP contribution in [0.3, 0.4) is 0 Å². The van der Waals surface area contributed by atoms with E-state index in [1.807, 2.05) is 0 Å². The molecular formula is C15H20N2O3. The molecule has 1 aliphatic carbocycles. The van der Waals surface area contributed by atoms with Crippen LogP contribution >= 0.6 is 0 Å². The number of rotatable bonds is 2. The molecule has 0 bridgehead atoms. The zero-order valence-electron chi connectivity index (χ0n) is 11.4. The quantitative estimate of drug-likeness (QED) is 0.440. The Bertz CT molecular complexity index is 480. The molecule has 1 saturated carbocycles. The molecule has 1 aliphatic rings. The van der Waals surface area contributed by atoms with Gasteiger partial charge in [0.1, 0.15) is 5.75 Å². The predicted molar refractivity (Wildman–Crippen MR) is 76.4 cm³/mol. The Morgan fingerprint density at radius 3 is 2.30 bits per heavy atom. The van der Waals surface area contributed by atoms with Gasteiger partial charge in [-0.3, -0.25) is 9.59 Å². The summed E-state index contributed by atoms with van der Waals surface area (Å²) < 4.78 is 0. The van der Waals surface area contributed by atoms with Crippen molar-refractivity contribution in [2.75, 3.05) is 5.32 Å². The fourth-order valence-electron chi connectivity index (χ4n) is 2.43. The van der Waals surface area contributed by atoms with E-state index < -0.39 is 11.8 Å². The standard InChI is InChI=1S/C15H20N2O3/c18-13-10-6-5-9-12(13)17-15(20)14(19)16-11-7-3-1-2-4-8-11/h5-6,9-11,18H,1-4,7-8H2,(H,16,19)(H,17,20). The largest absolute Gasteiger partial charge is 0.506 e. The van der Waals surface area contributed by atoms with Gasteiger partial charge >= 0.3 is 11.8 Å². The van der Waals surface area contributed by atoms with Crippen molar-refractivity contribution in [2.45, 2.75) is 44.6 Å². The highest BCUT2D eigenvalue weighted by molar-refractivity contribution is 6.39. The molecule has 0 spiro atoms. The molecule has 0 atom stereocenters. The van der Waals surface area contributed by atoms with Crippen LogP contribution in [0.4, 0.5) is 5.69 Å². The first-order chi connectivity index (χ1) is 9.66. The van der Waals surface area contributed by atoms with E-state index in [1.165, 1.54) is 18.9 Å². The van der Waals surface area contributed by atoms with Gasteiger partial charge < -0.3 is 15.7 Å². The van der Waals surface area contributed by atoms with Crippen LogP contribution in [0.25, 0.3) is 0 Å². The molecule has 1 fully saturated rings. The second-order valence-electron chi connectivity index (χ2n) is 5.13. The van der Waals surface area contributed by atoms with Gasteiger partial charge in [0.25, 0.3) is 0 Å². The van der Waals surface area contributed by atoms with Crippen LogP contribution in [0.15, 0.2) is 24.3 Å². The number of anilines is 1. The van der Waals surface area contributed by atoms with E-state index in [4.69, 9.17) is 0 Å². The Balaban J connectivity index is 1.88. The number of amides is 2. The third-order valence-electron chi connectivity index (χ3n) is 3.55. The van der Waals surface area contributed by atoms with Crippen molar-refractivity contribution in [3.63, 3.8) is 0 Å². The summed E-state index contributed by atoms with van der Waals surface area (Å²) in [6.07, 6.45) is 6.41. The van der Waals surface area contributed by atoms with Gasteiger partial charge in [-0.25, -0.2) is 0 Å². The highest BCUT2D eigenvalue weighted by atomic mass is 16.3. The molecule has 1 aromatic rings. The Kier molecular flexibility index (Phi) is 4.98. The topological polar surface area (TPSA) is 78.4 Å². The van der Waals surface area contributed by atoms with Crippen LogP contribution in [0.2, 0.25) is 0 Å². The van der Waals surface area contributed by atoms with E-state index >= 15 is 0 Å². The number of carbonyl (C=O) groups excluding carboxylic acids is 2. The normalized spacial score (nSPS) is 16.2. The Labute approximate surface area is 118 Å². The molecule has 0 radical (unpaired) electrons. The van der Waals surface area contributed by atoms with Gasteiger partial charge in [0.15, 0.2) is 0 Å². The van der Waals surface area contributed by atoms with E-state index in [1.54, 1.807) is 18.2 Å². The van der Waals surface area contributed by atoms with Gasteiger partial charge in [-0.15, -0.1) is 0 Å². The van der Waals surface area contributed by atoms with Crippen molar-refractivity contribution in [1.29, 1.82) is 0 Å². The number of carbonyl (C=O) groups is 2. The lowest BCUT2D eigenvalue weighted by molar-refractivity contribution is -0.136. The lowest BCUT2D eigenvalue weighted by Gasteiger charge is -2.15. The Morgan fingerprint density at radius 2 is 1.65 bits per heavy atom. The summed E-state index contributed by atoms with van der Waals surface area (Å²) >= 11 is 0. The number of hydrogen-bond acceptors (Lipinski definition) is 3. The van der Waals surface area contributed by atoms with E-state index in [2.05, 4.69) is 10.6 Å². The minimum atomic E-state index is -0.740. The van der Waals surface area contributed by atoms with Gasteiger partial charge in [0.05, 0.1) is 5.69 Å². The molecule has 3 N–H and O–H groups in total. The van der Waals surface area contributed by atoms with Crippen molar-refractivity contribution in [3.8, 4) is 5.75 Å². The molecule has 0 saturated heterocycles. The van der Waals surface area contributed by atoms with Crippen molar-refractivity contribution in [2.24, 2.45) is 0 Å². The molecule has 0 aromatic heterocycles. The third-order valence-corrected chi connectivity index (χ3v) is 3.55. The van der Waals surface area contributed by atoms with E-state index in [0.717, 1.165) is 25.7 Å². The molecule has 20 heavy (non-hydrogen) atoms. The SMILES string of the molecule is O=C(Nc1ccccc1O)C(=O)NC1CCCCCC1. The third kappa shape index (κ3) is 3.98. The average molecular weight is 276 g/mol. The number of aromatic hydroxyl groups is 1. The first-order valence-electron chi connectivity index (χ1n) is 7.06. The highest BCUT2D eigenvalue weighted by Crippen LogP contribution is 2.21. The molecule has 0 heterocycles. The number of para-hydroxylation sites is 2. The summed E-state index contributed by atoms with van der Waals surface area (Å²) in [5, 5.41) is 14.7. The summed E-state index contributed by atoms with van der Waals surface area (Å²) in [5.41, 5.74) is 0.244. The first-order valence-corrected chi connectivity index (χ1v) is 7.06. The number of hydrogen-bond donors (Lipinski definition) is 3. The Hall–Kier alpha value is -2.04. The monoisotopic (exact) mass is 276 g/mol. The molecule has 0 aliphatic heterocycles. The minimum absolute atomic E-state index is 0.0527. The summed E-state index contributed by atoms with van der Waals surface area (Å²) in [4.78, 5) is 23.6. The fourth-order valence-corrected chi connectivity index (χ4v) is 2.43. The van der Waals surface area contributed by atoms with Crippen LogP contribution in [-0.2, 0) is 9.59 Å². The highest BCUT2D eigenvalue weighted by Gasteiger charge is 2.20. The molecule has 1 aromatic carbocycles. The average Bonchev–Trinajstić information content (AvgIpc) is 2.70. The maximum absolute atomic E-state index is 11.8. The van der Waals surface area contributed by atoms with Crippen LogP contribution in [0.1, 0.15) is 38.5 Å². The Morgan fingerprint density at radius 1 is 1.00 bits per heavy atom. The van der Waals surface area contributed by atoms with E-state index in [0.29, 0.717) is 0 Å². The van der Waals surface area contributed by atoms with Crippen molar-refractivity contribution in [3.05, 3.63) is 24.3 Å². The van der Waals surface area contributed by atoms with Crippen molar-refractivity contribution in [1.82, 2.24) is 5.32 Å². The van der Waals surface area contributed by atoms with Crippen molar-refractivity contribution >= 4 is 17.5 Å². The second-order valence-corrected chi connectivity index (χ2v) is 5.13. The number of benzene rings is 1. The van der Waals surface area contributed by atoms with Gasteiger partial charge in [-0.2, -0.15) is 0 Å². The lowest BCUT2D eigenvalue weighted by atomic mass is 10.1. The zero-order valence-corrected chi connectivity index (χ0v) is 11.4. The molecule has 0 unspecified atom stereocenters. The summed E-state index contributed by atoms with van der Waals surface area (Å²) in [6.45, 7) is 0. The van der Waals surface area contributed by atoms with Gasteiger partial charge in [0.2, 0.25) is 0 Å². The summed E-state index contributed by atoms with van der Waals surface area (Å²) in [6, 6.07) is 6.42. The lowest BCUT2D eigenvalue weighted by Crippen LogP contribution is -2.41. The van der Waals surface area contributed by atoms with Crippen LogP contribution in [0.5, 0.6) is 5.75 Å². The molecule has 2 rings (SSSR count). The van der Waals surface area contributed by atoms with Crippen LogP contribution < -0.4 is 10.6 Å². The van der Waals surface area contributed by atoms with Gasteiger partial charge in [-0.1, -0.05) is 37.8 Å². The van der Waals surface area contributed by atoms with Gasteiger partial charge in [0, 0.05) is 6.04 Å². The molecule has 108 valence electrons. The van der Waals surface area contributed by atoms with Crippen LogP contribution in [0, 0.1) is 0 Å². The number of phenolic OH excluding ortho intramolecular Hbond substituents is 1.